The van der Waals surface area contributed by atoms with Gasteiger partial charge >= 0.3 is 6.18 Å². The second-order valence-corrected chi connectivity index (χ2v) is 4.93. The highest BCUT2D eigenvalue weighted by Gasteiger charge is 2.35. The summed E-state index contributed by atoms with van der Waals surface area (Å²) in [5.41, 5.74) is -1.87. The number of nitrogens with zero attached hydrogens (tertiary/aromatic N) is 1. The van der Waals surface area contributed by atoms with E-state index < -0.39 is 17.3 Å². The average Bonchev–Trinajstić information content (AvgIpc) is 2.39. The normalized spacial score (nSPS) is 20.1. The van der Waals surface area contributed by atoms with Gasteiger partial charge in [0, 0.05) is 18.9 Å². The summed E-state index contributed by atoms with van der Waals surface area (Å²) in [7, 11) is 16.7. The van der Waals surface area contributed by atoms with Gasteiger partial charge in [-0.1, -0.05) is 10.9 Å². The van der Waals surface area contributed by atoms with E-state index in [1.165, 1.54) is 0 Å². The fourth-order valence-corrected chi connectivity index (χ4v) is 2.30. The molecule has 8 heteroatoms. The fraction of sp³-hybridized carbons (Fsp3) is 0.583. The molecule has 1 atom stereocenters. The van der Waals surface area contributed by atoms with Crippen molar-refractivity contribution >= 4 is 39.9 Å². The number of pyridine rings is 1. The zero-order valence-electron chi connectivity index (χ0n) is 10.8. The molecule has 1 aliphatic heterocycles. The molecule has 6 radical (unpaired) electrons. The van der Waals surface area contributed by atoms with Crippen molar-refractivity contribution in [1.82, 2.24) is 4.98 Å². The standard InChI is InChI=1S/C12H11B3F3NO/c13-8-7(4-6-2-1-3-20-5-6)19-11(12(16,17)18)10(15)9(8)14/h6H,1-5H2. The van der Waals surface area contributed by atoms with Crippen LogP contribution in [-0.2, 0) is 17.3 Å². The van der Waals surface area contributed by atoms with Gasteiger partial charge < -0.3 is 4.74 Å². The Morgan fingerprint density at radius 2 is 1.85 bits per heavy atom. The lowest BCUT2D eigenvalue weighted by molar-refractivity contribution is -0.140. The van der Waals surface area contributed by atoms with Crippen molar-refractivity contribution in [3.8, 4) is 0 Å². The molecular weight excluding hydrogens is 264 g/mol. The minimum atomic E-state index is -4.65. The molecule has 0 aliphatic carbocycles. The van der Waals surface area contributed by atoms with Gasteiger partial charge in [-0.3, -0.25) is 0 Å². The maximum atomic E-state index is 12.9. The third-order valence-electron chi connectivity index (χ3n) is 3.40. The molecular formula is C12H11B3F3NO. The Morgan fingerprint density at radius 3 is 2.40 bits per heavy atom. The van der Waals surface area contributed by atoms with Crippen molar-refractivity contribution in [2.45, 2.75) is 25.4 Å². The van der Waals surface area contributed by atoms with Crippen LogP contribution >= 0.6 is 0 Å². The first-order valence-electron chi connectivity index (χ1n) is 6.29. The molecule has 1 fully saturated rings. The Hall–Kier alpha value is -0.905. The van der Waals surface area contributed by atoms with Gasteiger partial charge in [-0.2, -0.15) is 13.2 Å². The Morgan fingerprint density at radius 1 is 1.15 bits per heavy atom. The molecule has 2 nitrogen and oxygen atoms in total. The number of alkyl halides is 3. The molecule has 1 aromatic heterocycles. The predicted octanol–water partition coefficient (Wildman–Crippen LogP) is -0.549. The second kappa shape index (κ2) is 5.84. The van der Waals surface area contributed by atoms with Gasteiger partial charge in [-0.15, -0.1) is 5.46 Å². The van der Waals surface area contributed by atoms with Crippen molar-refractivity contribution in [2.24, 2.45) is 5.92 Å². The Bertz CT molecular complexity index is 502. The quantitative estimate of drug-likeness (QED) is 0.676. The molecule has 100 valence electrons. The third kappa shape index (κ3) is 3.22. The lowest BCUT2D eigenvalue weighted by Crippen LogP contribution is -2.46. The van der Waals surface area contributed by atoms with E-state index >= 15 is 0 Å². The van der Waals surface area contributed by atoms with Crippen LogP contribution in [0.4, 0.5) is 13.2 Å². The van der Waals surface area contributed by atoms with Crippen molar-refractivity contribution in [3.63, 3.8) is 0 Å². The predicted molar refractivity (Wildman–Crippen MR) is 72.7 cm³/mol. The number of rotatable bonds is 2. The fourth-order valence-electron chi connectivity index (χ4n) is 2.30. The van der Waals surface area contributed by atoms with E-state index in [4.69, 9.17) is 28.3 Å². The third-order valence-corrected chi connectivity index (χ3v) is 3.40. The van der Waals surface area contributed by atoms with Crippen LogP contribution in [0.5, 0.6) is 0 Å². The molecule has 20 heavy (non-hydrogen) atoms. The Kier molecular flexibility index (Phi) is 4.52. The van der Waals surface area contributed by atoms with E-state index in [-0.39, 0.29) is 22.5 Å². The summed E-state index contributed by atoms with van der Waals surface area (Å²) in [6.45, 7) is 1.17. The molecule has 0 N–H and O–H groups in total. The van der Waals surface area contributed by atoms with Gasteiger partial charge in [0.2, 0.25) is 0 Å². The number of hydrogen-bond acceptors (Lipinski definition) is 2. The van der Waals surface area contributed by atoms with E-state index in [9.17, 15) is 13.2 Å². The molecule has 1 aromatic rings. The molecule has 2 heterocycles. The smallest absolute Gasteiger partial charge is 0.381 e. The van der Waals surface area contributed by atoms with Gasteiger partial charge in [0.05, 0.1) is 0 Å². The molecule has 0 aromatic carbocycles. The van der Waals surface area contributed by atoms with Gasteiger partial charge in [-0.05, 0) is 25.2 Å². The van der Waals surface area contributed by atoms with Crippen LogP contribution in [0, 0.1) is 5.92 Å². The largest absolute Gasteiger partial charge is 0.432 e. The Labute approximate surface area is 119 Å². The first-order chi connectivity index (χ1) is 9.30. The van der Waals surface area contributed by atoms with Crippen molar-refractivity contribution < 1.29 is 17.9 Å². The minimum absolute atomic E-state index is 0.0288. The highest BCUT2D eigenvalue weighted by atomic mass is 19.4. The number of aromatic nitrogens is 1. The lowest BCUT2D eigenvalue weighted by Gasteiger charge is -2.24. The summed E-state index contributed by atoms with van der Waals surface area (Å²) >= 11 is 0. The maximum Gasteiger partial charge on any atom is 0.432 e. The number of halogens is 3. The maximum absolute atomic E-state index is 12.9. The van der Waals surface area contributed by atoms with Crippen LogP contribution in [0.1, 0.15) is 24.2 Å². The molecule has 1 unspecified atom stereocenters. The van der Waals surface area contributed by atoms with Gasteiger partial charge in [0.1, 0.15) is 29.2 Å². The first-order valence-corrected chi connectivity index (χ1v) is 6.29. The molecule has 2 rings (SSSR count). The van der Waals surface area contributed by atoms with E-state index in [0.717, 1.165) is 12.8 Å². The van der Waals surface area contributed by atoms with Crippen molar-refractivity contribution in [2.75, 3.05) is 13.2 Å². The molecule has 0 spiro atoms. The summed E-state index contributed by atoms with van der Waals surface area (Å²) in [4.78, 5) is 3.59. The van der Waals surface area contributed by atoms with E-state index in [0.29, 0.717) is 19.6 Å². The van der Waals surface area contributed by atoms with E-state index in [1.54, 1.807) is 0 Å². The summed E-state index contributed by atoms with van der Waals surface area (Å²) in [5, 5.41) is 0. The SMILES string of the molecule is [B]c1c(CC2CCCOC2)nc(C(F)(F)F)c([B])c1[B]. The summed E-state index contributed by atoms with van der Waals surface area (Å²) < 4.78 is 43.9. The van der Waals surface area contributed by atoms with Gasteiger partial charge in [-0.25, -0.2) is 4.98 Å². The molecule has 1 saturated heterocycles. The van der Waals surface area contributed by atoms with Crippen LogP contribution in [-0.4, -0.2) is 41.7 Å². The highest BCUT2D eigenvalue weighted by molar-refractivity contribution is 6.57. The zero-order chi connectivity index (χ0) is 14.9. The topological polar surface area (TPSA) is 22.1 Å². The molecule has 0 saturated carbocycles. The van der Waals surface area contributed by atoms with Crippen LogP contribution in [0.25, 0.3) is 0 Å². The zero-order valence-corrected chi connectivity index (χ0v) is 10.8. The van der Waals surface area contributed by atoms with E-state index in [1.807, 2.05) is 0 Å². The van der Waals surface area contributed by atoms with Crippen molar-refractivity contribution in [1.29, 1.82) is 0 Å². The first kappa shape index (κ1) is 15.5. The number of hydrogen-bond donors (Lipinski definition) is 0. The summed E-state index contributed by atoms with van der Waals surface area (Å²) in [5.74, 6) is 0.0997. The Balaban J connectivity index is 2.34. The monoisotopic (exact) mass is 275 g/mol. The summed E-state index contributed by atoms with van der Waals surface area (Å²) in [6, 6.07) is 0. The van der Waals surface area contributed by atoms with Crippen molar-refractivity contribution in [3.05, 3.63) is 11.4 Å². The van der Waals surface area contributed by atoms with Crippen LogP contribution in [0.3, 0.4) is 0 Å². The lowest BCUT2D eigenvalue weighted by atomic mass is 9.70. The number of ether oxygens (including phenoxy) is 1. The van der Waals surface area contributed by atoms with Crippen LogP contribution < -0.4 is 16.4 Å². The minimum Gasteiger partial charge on any atom is -0.381 e. The van der Waals surface area contributed by atoms with Crippen LogP contribution in [0.2, 0.25) is 0 Å². The highest BCUT2D eigenvalue weighted by Crippen LogP contribution is 2.26. The second-order valence-electron chi connectivity index (χ2n) is 4.93. The van der Waals surface area contributed by atoms with Gasteiger partial charge in [0.15, 0.2) is 0 Å². The molecule has 0 amide bonds. The van der Waals surface area contributed by atoms with Gasteiger partial charge in [0.25, 0.3) is 0 Å². The molecule has 0 bridgehead atoms. The van der Waals surface area contributed by atoms with E-state index in [2.05, 4.69) is 4.98 Å². The van der Waals surface area contributed by atoms with Crippen LogP contribution in [0.15, 0.2) is 0 Å². The summed E-state index contributed by atoms with van der Waals surface area (Å²) in [6.07, 6.45) is -2.60. The molecule has 1 aliphatic rings. The average molecular weight is 275 g/mol.